The van der Waals surface area contributed by atoms with Gasteiger partial charge in [0.1, 0.15) is 0 Å². The Morgan fingerprint density at radius 3 is 2.02 bits per heavy atom. The Balaban J connectivity index is 1.22. The summed E-state index contributed by atoms with van der Waals surface area (Å²) in [5, 5.41) is 7.84. The molecule has 0 N–H and O–H groups in total. The van der Waals surface area contributed by atoms with Gasteiger partial charge in [0.2, 0.25) is 0 Å². The number of fused-ring (bicyclic) bond motifs is 9. The average molecular weight is 568 g/mol. The Morgan fingerprint density at radius 1 is 0.442 bits per heavy atom. The molecular weight excluding hydrogens is 539 g/mol. The molecule has 7 aromatic carbocycles. The monoisotopic (exact) mass is 567 g/mol. The molecule has 0 spiro atoms. The first-order chi connectivity index (χ1) is 21.1. The first-order valence-corrected chi connectivity index (χ1v) is 15.8. The molecule has 0 radical (unpaired) electrons. The van der Waals surface area contributed by atoms with Crippen molar-refractivity contribution in [1.29, 1.82) is 0 Å². The van der Waals surface area contributed by atoms with Crippen molar-refractivity contribution in [3.05, 3.63) is 151 Å². The van der Waals surface area contributed by atoms with Gasteiger partial charge in [-0.1, -0.05) is 98.8 Å². The fraction of sp³-hybridized carbons (Fsp3) is 0.0732. The molecule has 0 saturated heterocycles. The summed E-state index contributed by atoms with van der Waals surface area (Å²) in [5.41, 5.74) is 8.92. The van der Waals surface area contributed by atoms with Crippen molar-refractivity contribution < 1.29 is 0 Å². The summed E-state index contributed by atoms with van der Waals surface area (Å²) in [6, 6.07) is 51.6. The van der Waals surface area contributed by atoms with Gasteiger partial charge in [-0.2, -0.15) is 0 Å². The van der Waals surface area contributed by atoms with E-state index in [1.165, 1.54) is 69.7 Å². The third kappa shape index (κ3) is 3.63. The molecule has 1 aliphatic rings. The van der Waals surface area contributed by atoms with Gasteiger partial charge in [0.05, 0.1) is 0 Å². The van der Waals surface area contributed by atoms with E-state index in [1.54, 1.807) is 0 Å². The molecule has 1 nitrogen and oxygen atoms in total. The van der Waals surface area contributed by atoms with Crippen LogP contribution in [0.2, 0.25) is 0 Å². The Kier molecular flexibility index (Phi) is 5.18. The van der Waals surface area contributed by atoms with E-state index in [1.807, 2.05) is 11.3 Å². The van der Waals surface area contributed by atoms with Gasteiger partial charge >= 0.3 is 0 Å². The van der Waals surface area contributed by atoms with Crippen molar-refractivity contribution in [2.24, 2.45) is 0 Å². The predicted molar refractivity (Wildman–Crippen MR) is 187 cm³/mol. The Bertz CT molecular complexity index is 2380. The SMILES string of the molecule is CC1(C)c2ccccc2-c2ccc(N(c3ccccc3)c3ccc4c(ccc5cc6c(cc54)sc4ccccc46)c3)cc21. The van der Waals surface area contributed by atoms with E-state index in [2.05, 4.69) is 158 Å². The van der Waals surface area contributed by atoms with Crippen molar-refractivity contribution in [3.8, 4) is 11.1 Å². The third-order valence-corrected chi connectivity index (χ3v) is 10.5. The summed E-state index contributed by atoms with van der Waals surface area (Å²) in [6.07, 6.45) is 0. The number of benzene rings is 7. The van der Waals surface area contributed by atoms with E-state index in [9.17, 15) is 0 Å². The maximum Gasteiger partial charge on any atom is 0.0468 e. The standard InChI is InChI=1S/C41H29NS/c1-41(2)37-14-8-6-12-32(37)33-21-19-30(24-38(33)41)42(28-10-4-3-5-11-28)29-18-20-31-26(22-29)16-17-27-23-36-34-13-7-9-15-39(34)43-40(36)25-35(27)31/h3-25H,1-2H3. The van der Waals surface area contributed by atoms with E-state index < -0.39 is 0 Å². The van der Waals surface area contributed by atoms with Crippen LogP contribution in [-0.4, -0.2) is 0 Å². The Labute approximate surface area is 255 Å². The largest absolute Gasteiger partial charge is 0.310 e. The van der Waals surface area contributed by atoms with E-state index in [0.29, 0.717) is 0 Å². The first-order valence-electron chi connectivity index (χ1n) is 14.9. The van der Waals surface area contributed by atoms with E-state index in [4.69, 9.17) is 0 Å². The molecule has 43 heavy (non-hydrogen) atoms. The second kappa shape index (κ2) is 9.04. The van der Waals surface area contributed by atoms with Crippen molar-refractivity contribution in [2.75, 3.05) is 4.90 Å². The molecule has 9 rings (SSSR count). The van der Waals surface area contributed by atoms with Crippen molar-refractivity contribution >= 4 is 70.1 Å². The Hall–Kier alpha value is -4.92. The third-order valence-electron chi connectivity index (χ3n) is 9.41. The summed E-state index contributed by atoms with van der Waals surface area (Å²) in [7, 11) is 0. The number of anilines is 3. The molecule has 1 heterocycles. The first kappa shape index (κ1) is 24.7. The molecule has 0 atom stereocenters. The van der Waals surface area contributed by atoms with Gasteiger partial charge in [0.15, 0.2) is 0 Å². The lowest BCUT2D eigenvalue weighted by atomic mass is 9.82. The van der Waals surface area contributed by atoms with Crippen LogP contribution in [0.3, 0.4) is 0 Å². The van der Waals surface area contributed by atoms with E-state index in [0.717, 1.165) is 11.4 Å². The van der Waals surface area contributed by atoms with Crippen LogP contribution >= 0.6 is 11.3 Å². The second-order valence-electron chi connectivity index (χ2n) is 12.2. The lowest BCUT2D eigenvalue weighted by molar-refractivity contribution is 0.660. The van der Waals surface area contributed by atoms with Gasteiger partial charge in [0.25, 0.3) is 0 Å². The van der Waals surface area contributed by atoms with Crippen LogP contribution in [0.4, 0.5) is 17.1 Å². The van der Waals surface area contributed by atoms with Gasteiger partial charge in [0, 0.05) is 42.6 Å². The lowest BCUT2D eigenvalue weighted by Crippen LogP contribution is -2.16. The lowest BCUT2D eigenvalue weighted by Gasteiger charge is -2.28. The van der Waals surface area contributed by atoms with Gasteiger partial charge in [-0.15, -0.1) is 11.3 Å². The molecule has 0 saturated carbocycles. The minimum atomic E-state index is -0.0511. The van der Waals surface area contributed by atoms with E-state index >= 15 is 0 Å². The minimum Gasteiger partial charge on any atom is -0.310 e. The maximum atomic E-state index is 2.41. The average Bonchev–Trinajstić information content (AvgIpc) is 3.52. The number of hydrogen-bond acceptors (Lipinski definition) is 2. The van der Waals surface area contributed by atoms with Crippen LogP contribution in [0.5, 0.6) is 0 Å². The summed E-state index contributed by atoms with van der Waals surface area (Å²) < 4.78 is 2.69. The predicted octanol–water partition coefficient (Wildman–Crippen LogP) is 12.1. The summed E-state index contributed by atoms with van der Waals surface area (Å²) >= 11 is 1.88. The molecule has 0 bridgehead atoms. The smallest absolute Gasteiger partial charge is 0.0468 e. The molecule has 1 aromatic heterocycles. The van der Waals surface area contributed by atoms with Gasteiger partial charge in [-0.05, 0) is 98.4 Å². The summed E-state index contributed by atoms with van der Waals surface area (Å²) in [4.78, 5) is 2.40. The molecule has 8 aromatic rings. The van der Waals surface area contributed by atoms with Crippen molar-refractivity contribution in [1.82, 2.24) is 0 Å². The normalized spacial score (nSPS) is 13.5. The number of rotatable bonds is 3. The topological polar surface area (TPSA) is 3.24 Å². The highest BCUT2D eigenvalue weighted by atomic mass is 32.1. The Morgan fingerprint density at radius 2 is 1.14 bits per heavy atom. The minimum absolute atomic E-state index is 0.0511. The molecule has 2 heteroatoms. The van der Waals surface area contributed by atoms with Crippen molar-refractivity contribution in [3.63, 3.8) is 0 Å². The molecule has 0 amide bonds. The van der Waals surface area contributed by atoms with Gasteiger partial charge < -0.3 is 4.90 Å². The molecule has 0 aliphatic heterocycles. The second-order valence-corrected chi connectivity index (χ2v) is 13.3. The van der Waals surface area contributed by atoms with Crippen LogP contribution in [-0.2, 0) is 5.41 Å². The highest BCUT2D eigenvalue weighted by Crippen LogP contribution is 2.50. The number of hydrogen-bond donors (Lipinski definition) is 0. The maximum absolute atomic E-state index is 2.41. The van der Waals surface area contributed by atoms with Crippen LogP contribution in [0.15, 0.2) is 140 Å². The fourth-order valence-electron chi connectivity index (χ4n) is 7.27. The highest BCUT2D eigenvalue weighted by Gasteiger charge is 2.35. The number of nitrogens with zero attached hydrogens (tertiary/aromatic N) is 1. The van der Waals surface area contributed by atoms with Gasteiger partial charge in [-0.25, -0.2) is 0 Å². The molecule has 0 unspecified atom stereocenters. The number of para-hydroxylation sites is 1. The zero-order valence-corrected chi connectivity index (χ0v) is 25.0. The molecule has 0 fully saturated rings. The molecule has 204 valence electrons. The molecule has 1 aliphatic carbocycles. The van der Waals surface area contributed by atoms with Crippen LogP contribution in [0.25, 0.3) is 52.8 Å². The van der Waals surface area contributed by atoms with Crippen LogP contribution in [0, 0.1) is 0 Å². The van der Waals surface area contributed by atoms with Crippen molar-refractivity contribution in [2.45, 2.75) is 19.3 Å². The van der Waals surface area contributed by atoms with Crippen LogP contribution < -0.4 is 4.90 Å². The fourth-order valence-corrected chi connectivity index (χ4v) is 8.39. The summed E-state index contributed by atoms with van der Waals surface area (Å²) in [5.74, 6) is 0. The highest BCUT2D eigenvalue weighted by molar-refractivity contribution is 7.25. The van der Waals surface area contributed by atoms with Gasteiger partial charge in [-0.3, -0.25) is 0 Å². The van der Waals surface area contributed by atoms with Crippen LogP contribution in [0.1, 0.15) is 25.0 Å². The summed E-state index contributed by atoms with van der Waals surface area (Å²) in [6.45, 7) is 4.70. The van der Waals surface area contributed by atoms with E-state index in [-0.39, 0.29) is 5.41 Å². The number of thiophene rings is 1. The quantitative estimate of drug-likeness (QED) is 0.192. The zero-order valence-electron chi connectivity index (χ0n) is 24.1. The zero-order chi connectivity index (χ0) is 28.7. The molecular formula is C41H29NS.